The molecule has 0 aliphatic rings. The second-order valence-electron chi connectivity index (χ2n) is 7.89. The second kappa shape index (κ2) is 15.3. The molecular weight excluding hydrogens is 388 g/mol. The van der Waals surface area contributed by atoms with Crippen LogP contribution in [0.1, 0.15) is 78.1 Å². The minimum atomic E-state index is 0.475. The summed E-state index contributed by atoms with van der Waals surface area (Å²) in [5, 5.41) is 16.5. The first-order chi connectivity index (χ1) is 15.2. The Morgan fingerprint density at radius 1 is 0.645 bits per heavy atom. The number of nitrogens with zero attached hydrogens (tertiary/aromatic N) is 2. The summed E-state index contributed by atoms with van der Waals surface area (Å²) >= 11 is 0. The molecule has 0 amide bonds. The van der Waals surface area contributed by atoms with Gasteiger partial charge in [0.15, 0.2) is 0 Å². The van der Waals surface area contributed by atoms with Gasteiger partial charge in [-0.15, -0.1) is 0 Å². The monoisotopic (exact) mass is 426 g/mol. The van der Waals surface area contributed by atoms with Gasteiger partial charge in [0, 0.05) is 17.2 Å². The molecule has 0 saturated carbocycles. The third kappa shape index (κ3) is 10.3. The van der Waals surface area contributed by atoms with E-state index in [2.05, 4.69) is 19.0 Å². The van der Waals surface area contributed by atoms with Gasteiger partial charge in [-0.25, -0.2) is 0 Å². The molecule has 0 heterocycles. The molecule has 0 spiro atoms. The van der Waals surface area contributed by atoms with E-state index in [4.69, 9.17) is 9.47 Å². The van der Waals surface area contributed by atoms with Crippen LogP contribution in [0, 0.1) is 5.21 Å². The molecule has 0 saturated heterocycles. The molecule has 0 aromatic heterocycles. The van der Waals surface area contributed by atoms with Gasteiger partial charge in [0.25, 0.3) is 0 Å². The van der Waals surface area contributed by atoms with Crippen LogP contribution in [0.15, 0.2) is 53.6 Å². The number of hydrogen-bond donors (Lipinski definition) is 0. The summed E-state index contributed by atoms with van der Waals surface area (Å²) in [7, 11) is 0. The molecule has 2 aromatic rings. The maximum Gasteiger partial charge on any atom is 0.245 e. The molecule has 2 aromatic carbocycles. The summed E-state index contributed by atoms with van der Waals surface area (Å²) in [6.45, 7) is 5.86. The van der Waals surface area contributed by atoms with E-state index in [0.717, 1.165) is 30.9 Å². The molecule has 31 heavy (non-hydrogen) atoms. The van der Waals surface area contributed by atoms with Gasteiger partial charge in [0.1, 0.15) is 17.2 Å². The Balaban J connectivity index is 1.76. The van der Waals surface area contributed by atoms with Gasteiger partial charge in [0.2, 0.25) is 5.69 Å². The lowest BCUT2D eigenvalue weighted by molar-refractivity contribution is -0.435. The van der Waals surface area contributed by atoms with Gasteiger partial charge in [-0.2, -0.15) is 0 Å². The standard InChI is InChI=1S/C26H38N2O3/c1-3-5-7-9-11-21-30-25-17-13-23(14-18-25)27-28(29)24-15-19-26(20-16-24)31-22-12-10-8-6-4-2/h13-20H,3-12,21-22H2,1-2H3. The van der Waals surface area contributed by atoms with Crippen LogP contribution in [-0.2, 0) is 0 Å². The van der Waals surface area contributed by atoms with E-state index in [0.29, 0.717) is 22.8 Å². The molecule has 0 fully saturated rings. The molecule has 0 unspecified atom stereocenters. The zero-order chi connectivity index (χ0) is 22.2. The highest BCUT2D eigenvalue weighted by Gasteiger charge is 2.05. The maximum absolute atomic E-state index is 12.3. The molecule has 0 bridgehead atoms. The number of unbranched alkanes of at least 4 members (excludes halogenated alkanes) is 8. The molecule has 5 nitrogen and oxygen atoms in total. The van der Waals surface area contributed by atoms with E-state index in [1.54, 1.807) is 24.3 Å². The van der Waals surface area contributed by atoms with Crippen molar-refractivity contribution in [1.82, 2.24) is 0 Å². The number of azo groups is 1. The van der Waals surface area contributed by atoms with Gasteiger partial charge in [-0.1, -0.05) is 70.1 Å². The second-order valence-corrected chi connectivity index (χ2v) is 7.89. The third-order valence-corrected chi connectivity index (χ3v) is 5.13. The number of hydrogen-bond acceptors (Lipinski definition) is 4. The molecule has 0 aliphatic heterocycles. The van der Waals surface area contributed by atoms with Crippen LogP contribution in [0.2, 0.25) is 0 Å². The summed E-state index contributed by atoms with van der Waals surface area (Å²) < 4.78 is 11.5. The molecule has 0 N–H and O–H groups in total. The van der Waals surface area contributed by atoms with Crippen molar-refractivity contribution in [3.8, 4) is 11.5 Å². The lowest BCUT2D eigenvalue weighted by Crippen LogP contribution is -1.98. The van der Waals surface area contributed by atoms with Crippen molar-refractivity contribution in [1.29, 1.82) is 0 Å². The van der Waals surface area contributed by atoms with Gasteiger partial charge >= 0.3 is 0 Å². The minimum absolute atomic E-state index is 0.475. The first-order valence-corrected chi connectivity index (χ1v) is 11.9. The van der Waals surface area contributed by atoms with E-state index in [1.807, 2.05) is 24.3 Å². The summed E-state index contributed by atoms with van der Waals surface area (Å²) in [6.07, 6.45) is 12.1. The van der Waals surface area contributed by atoms with Crippen LogP contribution in [-0.4, -0.2) is 18.1 Å². The first kappa shape index (κ1) is 24.7. The number of benzene rings is 2. The highest BCUT2D eigenvalue weighted by molar-refractivity contribution is 5.41. The van der Waals surface area contributed by atoms with E-state index in [1.165, 1.54) is 51.4 Å². The van der Waals surface area contributed by atoms with Crippen molar-refractivity contribution in [2.75, 3.05) is 13.2 Å². The first-order valence-electron chi connectivity index (χ1n) is 11.9. The van der Waals surface area contributed by atoms with Crippen molar-refractivity contribution in [3.63, 3.8) is 0 Å². The summed E-state index contributed by atoms with van der Waals surface area (Å²) in [5.41, 5.74) is 1.07. The van der Waals surface area contributed by atoms with Crippen molar-refractivity contribution in [3.05, 3.63) is 53.7 Å². The number of ether oxygens (including phenoxy) is 2. The molecular formula is C26H38N2O3. The smallest absolute Gasteiger partial charge is 0.245 e. The van der Waals surface area contributed by atoms with E-state index in [-0.39, 0.29) is 0 Å². The van der Waals surface area contributed by atoms with Crippen LogP contribution >= 0.6 is 0 Å². The zero-order valence-corrected chi connectivity index (χ0v) is 19.2. The summed E-state index contributed by atoms with van der Waals surface area (Å²) in [4.78, 5) is 0.637. The van der Waals surface area contributed by atoms with Crippen LogP contribution in [0.25, 0.3) is 0 Å². The third-order valence-electron chi connectivity index (χ3n) is 5.13. The quantitative estimate of drug-likeness (QED) is 0.117. The fourth-order valence-electron chi connectivity index (χ4n) is 3.23. The van der Waals surface area contributed by atoms with Crippen LogP contribution < -0.4 is 9.47 Å². The van der Waals surface area contributed by atoms with E-state index >= 15 is 0 Å². The highest BCUT2D eigenvalue weighted by Crippen LogP contribution is 2.23. The predicted molar refractivity (Wildman–Crippen MR) is 127 cm³/mol. The Bertz CT molecular complexity index is 742. The Morgan fingerprint density at radius 3 is 1.58 bits per heavy atom. The molecule has 0 atom stereocenters. The molecule has 170 valence electrons. The fraction of sp³-hybridized carbons (Fsp3) is 0.538. The van der Waals surface area contributed by atoms with Gasteiger partial charge in [-0.05, 0) is 49.2 Å². The van der Waals surface area contributed by atoms with Crippen LogP contribution in [0.3, 0.4) is 0 Å². The predicted octanol–water partition coefficient (Wildman–Crippen LogP) is 8.31. The lowest BCUT2D eigenvalue weighted by atomic mass is 10.2. The van der Waals surface area contributed by atoms with Gasteiger partial charge in [-0.3, -0.25) is 0 Å². The van der Waals surface area contributed by atoms with Crippen LogP contribution in [0.5, 0.6) is 11.5 Å². The number of rotatable bonds is 16. The minimum Gasteiger partial charge on any atom is -0.594 e. The molecule has 0 radical (unpaired) electrons. The van der Waals surface area contributed by atoms with Crippen molar-refractivity contribution in [2.24, 2.45) is 5.11 Å². The van der Waals surface area contributed by atoms with Crippen molar-refractivity contribution >= 4 is 11.4 Å². The summed E-state index contributed by atoms with van der Waals surface area (Å²) in [6, 6.07) is 14.4. The Morgan fingerprint density at radius 2 is 1.10 bits per heavy atom. The van der Waals surface area contributed by atoms with Gasteiger partial charge in [0.05, 0.1) is 13.2 Å². The van der Waals surface area contributed by atoms with E-state index < -0.39 is 0 Å². The molecule has 0 aliphatic carbocycles. The maximum atomic E-state index is 12.3. The Hall–Kier alpha value is -2.56. The average Bonchev–Trinajstić information content (AvgIpc) is 2.80. The average molecular weight is 427 g/mol. The molecule has 5 heteroatoms. The zero-order valence-electron chi connectivity index (χ0n) is 19.2. The van der Waals surface area contributed by atoms with Crippen LogP contribution in [0.4, 0.5) is 11.4 Å². The van der Waals surface area contributed by atoms with Crippen molar-refractivity contribution < 1.29 is 14.3 Å². The summed E-state index contributed by atoms with van der Waals surface area (Å²) in [5.74, 6) is 1.59. The Labute approximate surface area is 187 Å². The lowest BCUT2D eigenvalue weighted by Gasteiger charge is -2.07. The van der Waals surface area contributed by atoms with Gasteiger partial charge < -0.3 is 14.7 Å². The SMILES string of the molecule is CCCCCCCOc1ccc(N=[N+]([O-])c2ccc(OCCCCCCC)cc2)cc1. The fourth-order valence-corrected chi connectivity index (χ4v) is 3.23. The largest absolute Gasteiger partial charge is 0.594 e. The topological polar surface area (TPSA) is 56.9 Å². The van der Waals surface area contributed by atoms with Crippen molar-refractivity contribution in [2.45, 2.75) is 78.1 Å². The molecule has 2 rings (SSSR count). The normalized spacial score (nSPS) is 11.5. The highest BCUT2D eigenvalue weighted by atomic mass is 16.5. The van der Waals surface area contributed by atoms with E-state index in [9.17, 15) is 5.21 Å². The Kier molecular flexibility index (Phi) is 12.2.